The number of hydrogen-bond acceptors (Lipinski definition) is 3. The SMILES string of the molecule is CN(C1CCSC1)C1(C(=O)O)CCCCC1. The molecule has 0 radical (unpaired) electrons. The standard InChI is InChI=1S/C12H21NO2S/c1-13(10-5-8-16-9-10)12(11(14)15)6-3-2-4-7-12/h10H,2-9H2,1H3,(H,14,15). The third kappa shape index (κ3) is 2.09. The summed E-state index contributed by atoms with van der Waals surface area (Å²) in [5.74, 6) is 1.68. The van der Waals surface area contributed by atoms with Crippen LogP contribution in [0.25, 0.3) is 0 Å². The molecule has 0 aromatic heterocycles. The summed E-state index contributed by atoms with van der Waals surface area (Å²) in [6.45, 7) is 0. The maximum absolute atomic E-state index is 11.6. The summed E-state index contributed by atoms with van der Waals surface area (Å²) in [6, 6.07) is 0.471. The van der Waals surface area contributed by atoms with Gasteiger partial charge in [0, 0.05) is 11.8 Å². The first kappa shape index (κ1) is 12.2. The molecule has 1 saturated carbocycles. The lowest BCUT2D eigenvalue weighted by Gasteiger charge is -2.43. The zero-order valence-corrected chi connectivity index (χ0v) is 10.8. The predicted molar refractivity (Wildman–Crippen MR) is 66.9 cm³/mol. The van der Waals surface area contributed by atoms with Gasteiger partial charge in [-0.2, -0.15) is 11.8 Å². The van der Waals surface area contributed by atoms with Crippen molar-refractivity contribution in [2.24, 2.45) is 0 Å². The number of aliphatic carboxylic acids is 1. The molecule has 0 aromatic rings. The Balaban J connectivity index is 2.13. The number of thioether (sulfide) groups is 1. The van der Waals surface area contributed by atoms with Crippen LogP contribution in [0.2, 0.25) is 0 Å². The number of rotatable bonds is 3. The zero-order valence-electron chi connectivity index (χ0n) is 9.95. The van der Waals surface area contributed by atoms with Crippen LogP contribution in [0.1, 0.15) is 38.5 Å². The van der Waals surface area contributed by atoms with Crippen LogP contribution in [0.3, 0.4) is 0 Å². The van der Waals surface area contributed by atoms with Crippen molar-refractivity contribution < 1.29 is 9.90 Å². The normalized spacial score (nSPS) is 29.5. The second-order valence-electron chi connectivity index (χ2n) is 5.03. The Kier molecular flexibility index (Phi) is 3.80. The Morgan fingerprint density at radius 1 is 1.38 bits per heavy atom. The van der Waals surface area contributed by atoms with E-state index in [-0.39, 0.29) is 0 Å². The van der Waals surface area contributed by atoms with Gasteiger partial charge in [0.1, 0.15) is 5.54 Å². The Morgan fingerprint density at radius 3 is 2.56 bits per heavy atom. The Morgan fingerprint density at radius 2 is 2.06 bits per heavy atom. The monoisotopic (exact) mass is 243 g/mol. The minimum absolute atomic E-state index is 0.471. The summed E-state index contributed by atoms with van der Waals surface area (Å²) in [4.78, 5) is 13.8. The van der Waals surface area contributed by atoms with Gasteiger partial charge in [-0.1, -0.05) is 19.3 Å². The van der Waals surface area contributed by atoms with Gasteiger partial charge in [0.25, 0.3) is 0 Å². The highest BCUT2D eigenvalue weighted by Crippen LogP contribution is 2.37. The quantitative estimate of drug-likeness (QED) is 0.825. The fourth-order valence-corrected chi connectivity index (χ4v) is 4.30. The molecular weight excluding hydrogens is 222 g/mol. The highest BCUT2D eigenvalue weighted by molar-refractivity contribution is 7.99. The summed E-state index contributed by atoms with van der Waals surface area (Å²) in [6.07, 6.45) is 6.14. The van der Waals surface area contributed by atoms with Crippen molar-refractivity contribution in [2.75, 3.05) is 18.6 Å². The lowest BCUT2D eigenvalue weighted by molar-refractivity contribution is -0.154. The van der Waals surface area contributed by atoms with Crippen molar-refractivity contribution in [1.82, 2.24) is 4.90 Å². The first-order valence-corrected chi connectivity index (χ1v) is 7.36. The van der Waals surface area contributed by atoms with Crippen LogP contribution in [0.15, 0.2) is 0 Å². The van der Waals surface area contributed by atoms with Gasteiger partial charge in [-0.15, -0.1) is 0 Å². The zero-order chi connectivity index (χ0) is 11.6. The Hall–Kier alpha value is -0.220. The fraction of sp³-hybridized carbons (Fsp3) is 0.917. The molecule has 0 bridgehead atoms. The van der Waals surface area contributed by atoms with E-state index in [1.807, 2.05) is 18.8 Å². The number of likely N-dealkylation sites (N-methyl/N-ethyl adjacent to an activating group) is 1. The van der Waals surface area contributed by atoms with Crippen molar-refractivity contribution in [3.63, 3.8) is 0 Å². The van der Waals surface area contributed by atoms with E-state index < -0.39 is 11.5 Å². The molecule has 2 rings (SSSR count). The third-order valence-corrected chi connectivity index (χ3v) is 5.35. The Bertz CT molecular complexity index is 258. The topological polar surface area (TPSA) is 40.5 Å². The molecule has 92 valence electrons. The minimum Gasteiger partial charge on any atom is -0.480 e. The highest BCUT2D eigenvalue weighted by Gasteiger charge is 2.46. The first-order chi connectivity index (χ1) is 7.67. The van der Waals surface area contributed by atoms with Gasteiger partial charge >= 0.3 is 5.97 Å². The van der Waals surface area contributed by atoms with Gasteiger partial charge in [-0.25, -0.2) is 0 Å². The molecule has 3 nitrogen and oxygen atoms in total. The molecule has 1 aliphatic heterocycles. The van der Waals surface area contributed by atoms with E-state index in [1.165, 1.54) is 12.2 Å². The van der Waals surface area contributed by atoms with E-state index in [2.05, 4.69) is 4.90 Å². The van der Waals surface area contributed by atoms with E-state index in [4.69, 9.17) is 0 Å². The van der Waals surface area contributed by atoms with Gasteiger partial charge < -0.3 is 5.11 Å². The molecule has 1 N–H and O–H groups in total. The van der Waals surface area contributed by atoms with Gasteiger partial charge in [-0.05, 0) is 32.1 Å². The molecule has 1 heterocycles. The molecule has 0 spiro atoms. The molecule has 2 fully saturated rings. The Labute approximate surface area is 102 Å². The summed E-state index contributed by atoms with van der Waals surface area (Å²) in [5, 5.41) is 9.57. The maximum Gasteiger partial charge on any atom is 0.324 e. The van der Waals surface area contributed by atoms with Crippen LogP contribution in [-0.4, -0.2) is 46.1 Å². The van der Waals surface area contributed by atoms with Crippen molar-refractivity contribution >= 4 is 17.7 Å². The molecule has 0 amide bonds. The predicted octanol–water partition coefficient (Wildman–Crippen LogP) is 2.21. The lowest BCUT2D eigenvalue weighted by Crippen LogP contribution is -2.57. The molecule has 4 heteroatoms. The van der Waals surface area contributed by atoms with E-state index in [0.29, 0.717) is 6.04 Å². The van der Waals surface area contributed by atoms with Crippen molar-refractivity contribution in [1.29, 1.82) is 0 Å². The minimum atomic E-state index is -0.605. The van der Waals surface area contributed by atoms with Crippen LogP contribution in [0.5, 0.6) is 0 Å². The second-order valence-corrected chi connectivity index (χ2v) is 6.18. The maximum atomic E-state index is 11.6. The number of carboxylic acid groups (broad SMARTS) is 1. The molecule has 1 atom stereocenters. The van der Waals surface area contributed by atoms with Crippen molar-refractivity contribution in [3.05, 3.63) is 0 Å². The summed E-state index contributed by atoms with van der Waals surface area (Å²) in [5.41, 5.74) is -0.562. The number of carboxylic acids is 1. The number of nitrogens with zero attached hydrogens (tertiary/aromatic N) is 1. The third-order valence-electron chi connectivity index (χ3n) is 4.21. The van der Waals surface area contributed by atoms with E-state index in [1.54, 1.807) is 0 Å². The van der Waals surface area contributed by atoms with E-state index in [9.17, 15) is 9.90 Å². The molecule has 1 saturated heterocycles. The average Bonchev–Trinajstić information content (AvgIpc) is 2.82. The fourth-order valence-electron chi connectivity index (χ4n) is 3.03. The van der Waals surface area contributed by atoms with E-state index >= 15 is 0 Å². The van der Waals surface area contributed by atoms with Gasteiger partial charge in [0.05, 0.1) is 0 Å². The van der Waals surface area contributed by atoms with Crippen molar-refractivity contribution in [2.45, 2.75) is 50.1 Å². The summed E-state index contributed by atoms with van der Waals surface area (Å²) >= 11 is 1.95. The summed E-state index contributed by atoms with van der Waals surface area (Å²) in [7, 11) is 2.02. The summed E-state index contributed by atoms with van der Waals surface area (Å²) < 4.78 is 0. The van der Waals surface area contributed by atoms with Crippen LogP contribution >= 0.6 is 11.8 Å². The average molecular weight is 243 g/mol. The van der Waals surface area contributed by atoms with Gasteiger partial charge in [-0.3, -0.25) is 9.69 Å². The molecule has 1 aliphatic carbocycles. The molecule has 0 aromatic carbocycles. The highest BCUT2D eigenvalue weighted by atomic mass is 32.2. The van der Waals surface area contributed by atoms with Gasteiger partial charge in [0.2, 0.25) is 0 Å². The number of carbonyl (C=O) groups is 1. The smallest absolute Gasteiger partial charge is 0.324 e. The molecule has 2 aliphatic rings. The van der Waals surface area contributed by atoms with Crippen LogP contribution in [0.4, 0.5) is 0 Å². The molecule has 1 unspecified atom stereocenters. The van der Waals surface area contributed by atoms with Crippen LogP contribution in [0, 0.1) is 0 Å². The largest absolute Gasteiger partial charge is 0.480 e. The number of hydrogen-bond donors (Lipinski definition) is 1. The second kappa shape index (κ2) is 4.96. The van der Waals surface area contributed by atoms with Crippen molar-refractivity contribution in [3.8, 4) is 0 Å². The first-order valence-electron chi connectivity index (χ1n) is 6.21. The van der Waals surface area contributed by atoms with E-state index in [0.717, 1.165) is 37.9 Å². The van der Waals surface area contributed by atoms with Gasteiger partial charge in [0.15, 0.2) is 0 Å². The van der Waals surface area contributed by atoms with Crippen LogP contribution < -0.4 is 0 Å². The molecular formula is C12H21NO2S. The lowest BCUT2D eigenvalue weighted by atomic mass is 9.79. The molecule has 16 heavy (non-hydrogen) atoms. The van der Waals surface area contributed by atoms with Crippen LogP contribution in [-0.2, 0) is 4.79 Å².